The van der Waals surface area contributed by atoms with Gasteiger partial charge in [-0.15, -0.1) is 0 Å². The van der Waals surface area contributed by atoms with Gasteiger partial charge in [0.1, 0.15) is 19.3 Å². The van der Waals surface area contributed by atoms with Gasteiger partial charge in [-0.2, -0.15) is 0 Å². The molecule has 0 aliphatic heterocycles. The van der Waals surface area contributed by atoms with Crippen LogP contribution < -0.4 is 0 Å². The molecule has 5 atom stereocenters. The number of unbranched alkanes of at least 4 members (excludes halogenated alkanes) is 43. The molecule has 19 heteroatoms. The lowest BCUT2D eigenvalue weighted by Crippen LogP contribution is -2.30. The molecule has 0 aliphatic rings. The van der Waals surface area contributed by atoms with Gasteiger partial charge in [0.25, 0.3) is 0 Å². The highest BCUT2D eigenvalue weighted by Gasteiger charge is 2.30. The first-order chi connectivity index (χ1) is 46.2. The fraction of sp³-hybridized carbons (Fsp3) is 0.948. The molecule has 0 rings (SSSR count). The van der Waals surface area contributed by atoms with Crippen LogP contribution in [0, 0.1) is 17.8 Å². The summed E-state index contributed by atoms with van der Waals surface area (Å²) in [5, 5.41) is 10.6. The Morgan fingerprint density at radius 1 is 0.281 bits per heavy atom. The van der Waals surface area contributed by atoms with E-state index in [1.54, 1.807) is 0 Å². The highest BCUT2D eigenvalue weighted by Crippen LogP contribution is 2.45. The van der Waals surface area contributed by atoms with E-state index in [2.05, 4.69) is 48.5 Å². The summed E-state index contributed by atoms with van der Waals surface area (Å²) in [5.74, 6) is 0.224. The molecule has 0 bridgehead atoms. The number of aliphatic hydroxyl groups is 1. The first kappa shape index (κ1) is 94.1. The number of carbonyl (C=O) groups excluding carboxylic acids is 4. The van der Waals surface area contributed by atoms with Crippen LogP contribution in [-0.2, 0) is 65.4 Å². The number of carbonyl (C=O) groups is 4. The monoisotopic (exact) mass is 1410 g/mol. The Kier molecular flexibility index (Phi) is 66.2. The van der Waals surface area contributed by atoms with Crippen molar-refractivity contribution in [1.82, 2.24) is 0 Å². The van der Waals surface area contributed by atoms with Gasteiger partial charge in [0, 0.05) is 25.7 Å². The number of hydrogen-bond donors (Lipinski definition) is 3. The Morgan fingerprint density at radius 2 is 0.479 bits per heavy atom. The minimum absolute atomic E-state index is 0.106. The number of rotatable bonds is 75. The molecule has 96 heavy (non-hydrogen) atoms. The van der Waals surface area contributed by atoms with E-state index in [4.69, 9.17) is 37.0 Å². The molecule has 570 valence electrons. The summed E-state index contributed by atoms with van der Waals surface area (Å²) >= 11 is 0. The molecule has 0 radical (unpaired) electrons. The molecule has 0 aromatic carbocycles. The van der Waals surface area contributed by atoms with Gasteiger partial charge in [-0.1, -0.05) is 344 Å². The van der Waals surface area contributed by atoms with Gasteiger partial charge >= 0.3 is 39.5 Å². The van der Waals surface area contributed by atoms with Crippen molar-refractivity contribution in [2.24, 2.45) is 17.8 Å². The molecule has 17 nitrogen and oxygen atoms in total. The average Bonchev–Trinajstić information content (AvgIpc) is 1.23. The van der Waals surface area contributed by atoms with Gasteiger partial charge < -0.3 is 33.8 Å². The second-order valence-electron chi connectivity index (χ2n) is 29.2. The normalized spacial score (nSPS) is 14.1. The Labute approximate surface area is 588 Å². The van der Waals surface area contributed by atoms with Crippen LogP contribution >= 0.6 is 15.6 Å². The minimum atomic E-state index is -4.96. The molecule has 0 saturated carbocycles. The Bertz CT molecular complexity index is 1870. The number of phosphoric acid groups is 2. The van der Waals surface area contributed by atoms with Gasteiger partial charge in [-0.05, 0) is 43.4 Å². The first-order valence-corrected chi connectivity index (χ1v) is 42.8. The number of esters is 4. The predicted octanol–water partition coefficient (Wildman–Crippen LogP) is 22.6. The fourth-order valence-electron chi connectivity index (χ4n) is 11.8. The second-order valence-corrected chi connectivity index (χ2v) is 32.1. The Balaban J connectivity index is 5.19. The molecular formula is C77H150O17P2. The SMILES string of the molecule is CCCCCCCCCCC(=O)OC[C@H](COP(=O)(O)OC[C@H](O)COP(=O)(O)OC[C@@H](COC(=O)CCCCCCCCCCCCCC(C)C)OC(=O)CCCCCCCCCCCCCCCCCCCCC(C)C)OC(=O)CCCCCCCCCCCCC(C)C. The van der Waals surface area contributed by atoms with Gasteiger partial charge in [0.05, 0.1) is 26.4 Å². The van der Waals surface area contributed by atoms with Crippen LogP contribution in [-0.4, -0.2) is 96.7 Å². The van der Waals surface area contributed by atoms with Crippen molar-refractivity contribution in [3.63, 3.8) is 0 Å². The molecular weight excluding hydrogens is 1260 g/mol. The number of aliphatic hydroxyl groups excluding tert-OH is 1. The summed E-state index contributed by atoms with van der Waals surface area (Å²) in [6.07, 6.45) is 54.2. The van der Waals surface area contributed by atoms with Gasteiger partial charge in [0.2, 0.25) is 0 Å². The number of ether oxygens (including phenoxy) is 4. The van der Waals surface area contributed by atoms with E-state index < -0.39 is 97.5 Å². The van der Waals surface area contributed by atoms with E-state index in [9.17, 15) is 43.2 Å². The molecule has 3 N–H and O–H groups in total. The third-order valence-electron chi connectivity index (χ3n) is 17.9. The fourth-order valence-corrected chi connectivity index (χ4v) is 13.4. The van der Waals surface area contributed by atoms with E-state index >= 15 is 0 Å². The maximum Gasteiger partial charge on any atom is 0.472 e. The molecule has 0 aromatic heterocycles. The Hall–Kier alpha value is -1.94. The summed E-state index contributed by atoms with van der Waals surface area (Å²) in [6, 6.07) is 0. The molecule has 0 spiro atoms. The quantitative estimate of drug-likeness (QED) is 0.0222. The summed E-state index contributed by atoms with van der Waals surface area (Å²) in [5.41, 5.74) is 0. The van der Waals surface area contributed by atoms with Crippen LogP contribution in [0.2, 0.25) is 0 Å². The van der Waals surface area contributed by atoms with E-state index in [0.717, 1.165) is 114 Å². The van der Waals surface area contributed by atoms with Crippen molar-refractivity contribution < 1.29 is 80.2 Å². The maximum atomic E-state index is 13.1. The van der Waals surface area contributed by atoms with Gasteiger partial charge in [-0.3, -0.25) is 37.3 Å². The maximum absolute atomic E-state index is 13.1. The molecule has 0 saturated heterocycles. The van der Waals surface area contributed by atoms with E-state index in [1.807, 2.05) is 0 Å². The van der Waals surface area contributed by atoms with Crippen molar-refractivity contribution in [2.75, 3.05) is 39.6 Å². The molecule has 2 unspecified atom stereocenters. The smallest absolute Gasteiger partial charge is 0.462 e. The zero-order valence-electron chi connectivity index (χ0n) is 62.8. The summed E-state index contributed by atoms with van der Waals surface area (Å²) < 4.78 is 68.5. The van der Waals surface area contributed by atoms with Crippen LogP contribution in [0.4, 0.5) is 0 Å². The minimum Gasteiger partial charge on any atom is -0.462 e. The van der Waals surface area contributed by atoms with Crippen molar-refractivity contribution in [3.8, 4) is 0 Å². The summed E-state index contributed by atoms with van der Waals surface area (Å²) in [4.78, 5) is 72.7. The standard InChI is InChI=1S/C77H150O17P2/c1-8-9-10-11-12-37-44-51-58-74(79)87-64-72(93-77(82)61-54-47-40-33-27-26-30-36-43-50-57-70(6)7)66-91-95(83,84)89-62-71(78)63-90-96(85,86)92-67-73(65-88-75(80)59-52-45-38-31-25-21-23-29-35-42-49-56-69(4)5)94-76(81)60-53-46-39-32-24-20-18-16-14-13-15-17-19-22-28-34-41-48-55-68(2)3/h68-73,78H,8-67H2,1-7H3,(H,83,84)(H,85,86)/t71-,72+,73+/m0/s1. The molecule has 0 fully saturated rings. The third-order valence-corrected chi connectivity index (χ3v) is 19.8. The molecule has 0 aromatic rings. The van der Waals surface area contributed by atoms with Crippen molar-refractivity contribution in [2.45, 2.75) is 414 Å². The van der Waals surface area contributed by atoms with Crippen LogP contribution in [0.15, 0.2) is 0 Å². The van der Waals surface area contributed by atoms with Crippen LogP contribution in [0.5, 0.6) is 0 Å². The topological polar surface area (TPSA) is 237 Å². The zero-order chi connectivity index (χ0) is 70.9. The van der Waals surface area contributed by atoms with E-state index in [-0.39, 0.29) is 25.7 Å². The van der Waals surface area contributed by atoms with Gasteiger partial charge in [-0.25, -0.2) is 9.13 Å². The van der Waals surface area contributed by atoms with Gasteiger partial charge in [0.15, 0.2) is 12.2 Å². The lowest BCUT2D eigenvalue weighted by Gasteiger charge is -2.21. The molecule has 0 aliphatic carbocycles. The second kappa shape index (κ2) is 67.5. The average molecular weight is 1410 g/mol. The summed E-state index contributed by atoms with van der Waals surface area (Å²) in [7, 11) is -9.91. The van der Waals surface area contributed by atoms with Crippen molar-refractivity contribution in [1.29, 1.82) is 0 Å². The highest BCUT2D eigenvalue weighted by molar-refractivity contribution is 7.47. The Morgan fingerprint density at radius 3 is 0.708 bits per heavy atom. The van der Waals surface area contributed by atoms with Crippen LogP contribution in [0.25, 0.3) is 0 Å². The predicted molar refractivity (Wildman–Crippen MR) is 391 cm³/mol. The lowest BCUT2D eigenvalue weighted by atomic mass is 10.0. The lowest BCUT2D eigenvalue weighted by molar-refractivity contribution is -0.161. The number of hydrogen-bond acceptors (Lipinski definition) is 15. The molecule has 0 heterocycles. The summed E-state index contributed by atoms with van der Waals surface area (Å²) in [6.45, 7) is 11.9. The van der Waals surface area contributed by atoms with Crippen molar-refractivity contribution in [3.05, 3.63) is 0 Å². The zero-order valence-corrected chi connectivity index (χ0v) is 64.6. The van der Waals surface area contributed by atoms with Crippen molar-refractivity contribution >= 4 is 39.5 Å². The van der Waals surface area contributed by atoms with E-state index in [1.165, 1.54) is 199 Å². The van der Waals surface area contributed by atoms with Crippen LogP contribution in [0.3, 0.4) is 0 Å². The molecule has 0 amide bonds. The third kappa shape index (κ3) is 70.5. The van der Waals surface area contributed by atoms with Crippen LogP contribution in [0.1, 0.15) is 395 Å². The highest BCUT2D eigenvalue weighted by atomic mass is 31.2. The van der Waals surface area contributed by atoms with E-state index in [0.29, 0.717) is 25.7 Å². The largest absolute Gasteiger partial charge is 0.472 e. The number of phosphoric ester groups is 2. The first-order valence-electron chi connectivity index (χ1n) is 39.8.